The van der Waals surface area contributed by atoms with E-state index in [9.17, 15) is 18.0 Å². The number of halogens is 3. The lowest BCUT2D eigenvalue weighted by Gasteiger charge is -2.61. The molecule has 1 amide bonds. The molecular weight excluding hydrogens is 526 g/mol. The SMILES string of the molecule is CC(=O)OC(C)(C)C(=O)N1C2CC(F)(C2)[C@H](NS(C)(=O)=O)[C@@H]1Cc1cccc(-c2cccc(Cl)c2)c1F. The fraction of sp³-hybridized carbons (Fsp3) is 0.462. The molecule has 0 aromatic heterocycles. The van der Waals surface area contributed by atoms with Crippen molar-refractivity contribution in [3.8, 4) is 11.1 Å². The first-order chi connectivity index (χ1) is 17.1. The van der Waals surface area contributed by atoms with E-state index in [2.05, 4.69) is 4.72 Å². The number of alkyl halides is 1. The normalized spacial score (nSPS) is 25.4. The second kappa shape index (κ2) is 9.63. The van der Waals surface area contributed by atoms with Gasteiger partial charge in [-0.2, -0.15) is 0 Å². The minimum Gasteiger partial charge on any atom is -0.450 e. The van der Waals surface area contributed by atoms with Crippen LogP contribution in [-0.4, -0.2) is 60.8 Å². The van der Waals surface area contributed by atoms with E-state index in [0.717, 1.165) is 6.26 Å². The van der Waals surface area contributed by atoms with Crippen LogP contribution in [0, 0.1) is 5.82 Å². The Morgan fingerprint density at radius 3 is 2.46 bits per heavy atom. The number of piperidine rings is 2. The van der Waals surface area contributed by atoms with Crippen molar-refractivity contribution < 1.29 is 31.5 Å². The Balaban J connectivity index is 1.78. The molecule has 2 aromatic rings. The third-order valence-electron chi connectivity index (χ3n) is 6.98. The number of hydrogen-bond donors (Lipinski definition) is 1. The van der Waals surface area contributed by atoms with Crippen molar-refractivity contribution in [2.75, 3.05) is 6.26 Å². The number of nitrogens with zero attached hydrogens (tertiary/aromatic N) is 1. The van der Waals surface area contributed by atoms with Gasteiger partial charge < -0.3 is 9.64 Å². The Morgan fingerprint density at radius 1 is 1.22 bits per heavy atom. The third-order valence-corrected chi connectivity index (χ3v) is 7.89. The monoisotopic (exact) mass is 554 g/mol. The highest BCUT2D eigenvalue weighted by molar-refractivity contribution is 7.88. The summed E-state index contributed by atoms with van der Waals surface area (Å²) in [6, 6.07) is 8.47. The van der Waals surface area contributed by atoms with Crippen molar-refractivity contribution in [2.45, 2.75) is 69.4 Å². The number of carbonyl (C=O) groups is 2. The first-order valence-electron chi connectivity index (χ1n) is 11.8. The van der Waals surface area contributed by atoms with Crippen LogP contribution in [0.15, 0.2) is 42.5 Å². The van der Waals surface area contributed by atoms with E-state index in [1.54, 1.807) is 36.4 Å². The molecule has 200 valence electrons. The molecule has 0 radical (unpaired) electrons. The summed E-state index contributed by atoms with van der Waals surface area (Å²) in [5.41, 5.74) is -2.51. The molecule has 3 aliphatic rings. The predicted molar refractivity (Wildman–Crippen MR) is 136 cm³/mol. The Kier molecular flexibility index (Phi) is 7.15. The average molecular weight is 555 g/mol. The fourth-order valence-corrected chi connectivity index (χ4v) is 6.47. The number of nitrogens with one attached hydrogen (secondary N) is 1. The van der Waals surface area contributed by atoms with Gasteiger partial charge in [-0.1, -0.05) is 41.9 Å². The Bertz CT molecular complexity index is 1340. The highest BCUT2D eigenvalue weighted by Crippen LogP contribution is 2.51. The van der Waals surface area contributed by atoms with Crippen molar-refractivity contribution >= 4 is 33.5 Å². The molecule has 2 bridgehead atoms. The van der Waals surface area contributed by atoms with Gasteiger partial charge in [-0.3, -0.25) is 9.59 Å². The lowest BCUT2D eigenvalue weighted by atomic mass is 9.64. The van der Waals surface area contributed by atoms with E-state index in [4.69, 9.17) is 16.3 Å². The van der Waals surface area contributed by atoms with Crippen LogP contribution in [0.2, 0.25) is 5.02 Å². The summed E-state index contributed by atoms with van der Waals surface area (Å²) >= 11 is 6.08. The maximum atomic E-state index is 15.9. The molecule has 0 spiro atoms. The molecule has 1 saturated carbocycles. The highest BCUT2D eigenvalue weighted by Gasteiger charge is 2.64. The lowest BCUT2D eigenvalue weighted by molar-refractivity contribution is -0.189. The first-order valence-corrected chi connectivity index (χ1v) is 14.1. The number of fused-ring (bicyclic) bond motifs is 2. The lowest BCUT2D eigenvalue weighted by Crippen LogP contribution is -2.78. The molecule has 2 aliphatic heterocycles. The molecule has 37 heavy (non-hydrogen) atoms. The van der Waals surface area contributed by atoms with Gasteiger partial charge in [0.2, 0.25) is 10.0 Å². The maximum Gasteiger partial charge on any atom is 0.303 e. The van der Waals surface area contributed by atoms with E-state index in [1.165, 1.54) is 31.7 Å². The van der Waals surface area contributed by atoms with Crippen LogP contribution in [0.1, 0.15) is 39.2 Å². The standard InChI is InChI=1S/C26H29ClF2N2O5S/c1-15(32)36-25(2,3)24(33)31-19-13-26(29,14-19)23(30-37(4,34)35)21(31)12-17-8-6-10-20(22(17)28)16-7-5-9-18(27)11-16/h5-11,19,21,23,30H,12-14H2,1-4H3/t19?,21-,23+,26?/m0/s1. The van der Waals surface area contributed by atoms with Crippen LogP contribution in [0.5, 0.6) is 0 Å². The van der Waals surface area contributed by atoms with Gasteiger partial charge in [0.25, 0.3) is 5.91 Å². The van der Waals surface area contributed by atoms with Gasteiger partial charge >= 0.3 is 5.97 Å². The number of amides is 1. The van der Waals surface area contributed by atoms with E-state index in [1.807, 2.05) is 0 Å². The Hall–Kier alpha value is -2.56. The number of hydrogen-bond acceptors (Lipinski definition) is 5. The molecule has 0 unspecified atom stereocenters. The molecule has 2 heterocycles. The number of benzene rings is 2. The zero-order valence-electron chi connectivity index (χ0n) is 20.9. The van der Waals surface area contributed by atoms with Crippen molar-refractivity contribution in [3.05, 3.63) is 58.9 Å². The van der Waals surface area contributed by atoms with Crippen LogP contribution in [0.25, 0.3) is 11.1 Å². The molecule has 5 rings (SSSR count). The van der Waals surface area contributed by atoms with Crippen LogP contribution in [0.4, 0.5) is 8.78 Å². The van der Waals surface area contributed by atoms with Gasteiger partial charge in [0.1, 0.15) is 11.5 Å². The second-order valence-corrected chi connectivity index (χ2v) is 12.6. The Morgan fingerprint density at radius 2 is 1.86 bits per heavy atom. The smallest absolute Gasteiger partial charge is 0.303 e. The van der Waals surface area contributed by atoms with Crippen molar-refractivity contribution in [1.82, 2.24) is 9.62 Å². The maximum absolute atomic E-state index is 15.9. The summed E-state index contributed by atoms with van der Waals surface area (Å²) in [6.07, 6.45) is 0.582. The number of ether oxygens (including phenoxy) is 1. The molecule has 2 atom stereocenters. The van der Waals surface area contributed by atoms with E-state index < -0.39 is 57.1 Å². The van der Waals surface area contributed by atoms with Crippen molar-refractivity contribution in [1.29, 1.82) is 0 Å². The molecule has 7 nitrogen and oxygen atoms in total. The molecular formula is C26H29ClF2N2O5S. The van der Waals surface area contributed by atoms with Gasteiger partial charge in [-0.05, 0) is 43.5 Å². The van der Waals surface area contributed by atoms with Crippen LogP contribution >= 0.6 is 11.6 Å². The number of carbonyl (C=O) groups excluding carboxylic acids is 2. The van der Waals surface area contributed by atoms with Gasteiger partial charge in [-0.25, -0.2) is 21.9 Å². The molecule has 2 saturated heterocycles. The third kappa shape index (κ3) is 5.51. The molecule has 11 heteroatoms. The van der Waals surface area contributed by atoms with Crippen molar-refractivity contribution in [2.24, 2.45) is 0 Å². The van der Waals surface area contributed by atoms with Crippen LogP contribution in [-0.2, 0) is 30.8 Å². The van der Waals surface area contributed by atoms with E-state index >= 15 is 8.78 Å². The van der Waals surface area contributed by atoms with Gasteiger partial charge in [-0.15, -0.1) is 0 Å². The number of esters is 1. The number of sulfonamides is 1. The second-order valence-electron chi connectivity index (χ2n) is 10.3. The number of rotatable bonds is 7. The summed E-state index contributed by atoms with van der Waals surface area (Å²) < 4.78 is 63.7. The Labute approximate surface area is 220 Å². The highest BCUT2D eigenvalue weighted by atomic mass is 35.5. The summed E-state index contributed by atoms with van der Waals surface area (Å²) in [4.78, 5) is 26.7. The predicted octanol–water partition coefficient (Wildman–Crippen LogP) is 4.03. The topological polar surface area (TPSA) is 92.8 Å². The van der Waals surface area contributed by atoms with Crippen LogP contribution in [0.3, 0.4) is 0 Å². The summed E-state index contributed by atoms with van der Waals surface area (Å²) in [5, 5.41) is 0.427. The average Bonchev–Trinajstić information content (AvgIpc) is 2.74. The van der Waals surface area contributed by atoms with E-state index in [-0.39, 0.29) is 30.4 Å². The van der Waals surface area contributed by atoms with Crippen LogP contribution < -0.4 is 4.72 Å². The quantitative estimate of drug-likeness (QED) is 0.522. The van der Waals surface area contributed by atoms with Gasteiger partial charge in [0, 0.05) is 36.4 Å². The summed E-state index contributed by atoms with van der Waals surface area (Å²) in [6.45, 7) is 4.01. The van der Waals surface area contributed by atoms with Gasteiger partial charge in [0.05, 0.1) is 18.3 Å². The van der Waals surface area contributed by atoms with Gasteiger partial charge in [0.15, 0.2) is 5.60 Å². The largest absolute Gasteiger partial charge is 0.450 e. The van der Waals surface area contributed by atoms with E-state index in [0.29, 0.717) is 10.6 Å². The molecule has 1 aliphatic carbocycles. The minimum atomic E-state index is -3.89. The first kappa shape index (κ1) is 27.5. The fourth-order valence-electron chi connectivity index (χ4n) is 5.45. The summed E-state index contributed by atoms with van der Waals surface area (Å²) in [7, 11) is -3.89. The zero-order chi connectivity index (χ0) is 27.3. The molecule has 2 aromatic carbocycles. The minimum absolute atomic E-state index is 0.0797. The zero-order valence-corrected chi connectivity index (χ0v) is 22.5. The summed E-state index contributed by atoms with van der Waals surface area (Å²) in [5.74, 6) is -1.86. The molecule has 3 fully saturated rings. The molecule has 1 N–H and O–H groups in total. The van der Waals surface area contributed by atoms with Crippen molar-refractivity contribution in [3.63, 3.8) is 0 Å².